The summed E-state index contributed by atoms with van der Waals surface area (Å²) in [5, 5.41) is 3.39. The van der Waals surface area contributed by atoms with Crippen LogP contribution in [0.4, 0.5) is 0 Å². The summed E-state index contributed by atoms with van der Waals surface area (Å²) in [5.41, 5.74) is 5.01. The average Bonchev–Trinajstić information content (AvgIpc) is 2.41. The zero-order valence-corrected chi connectivity index (χ0v) is 12.9. The first-order chi connectivity index (χ1) is 9.61. The number of rotatable bonds is 5. The van der Waals surface area contributed by atoms with Crippen LogP contribution in [-0.2, 0) is 6.42 Å². The van der Waals surface area contributed by atoms with Crippen molar-refractivity contribution >= 4 is 0 Å². The highest BCUT2D eigenvalue weighted by molar-refractivity contribution is 5.34. The fourth-order valence-corrected chi connectivity index (χ4v) is 2.63. The summed E-state index contributed by atoms with van der Waals surface area (Å²) < 4.78 is 0. The highest BCUT2D eigenvalue weighted by Gasteiger charge is 2.15. The number of nitrogens with one attached hydrogen (secondary N) is 1. The van der Waals surface area contributed by atoms with Crippen LogP contribution in [0, 0.1) is 12.8 Å². The first kappa shape index (κ1) is 14.7. The van der Waals surface area contributed by atoms with Crippen LogP contribution in [0.15, 0.2) is 42.6 Å². The molecule has 1 aromatic carbocycles. The largest absolute Gasteiger partial charge is 0.308 e. The van der Waals surface area contributed by atoms with Crippen LogP contribution >= 0.6 is 0 Å². The third-order valence-electron chi connectivity index (χ3n) is 3.54. The number of hydrogen-bond donors (Lipinski definition) is 1. The van der Waals surface area contributed by atoms with Crippen LogP contribution in [0.5, 0.6) is 0 Å². The van der Waals surface area contributed by atoms with Crippen molar-refractivity contribution in [3.8, 4) is 0 Å². The topological polar surface area (TPSA) is 24.9 Å². The highest BCUT2D eigenvalue weighted by atomic mass is 14.9. The zero-order valence-electron chi connectivity index (χ0n) is 12.9. The van der Waals surface area contributed by atoms with Gasteiger partial charge in [0.1, 0.15) is 0 Å². The van der Waals surface area contributed by atoms with E-state index >= 15 is 0 Å². The summed E-state index contributed by atoms with van der Waals surface area (Å²) in [6, 6.07) is 13.1. The van der Waals surface area contributed by atoms with Crippen LogP contribution in [0.2, 0.25) is 0 Å². The molecule has 1 heterocycles. The normalized spacial score (nSPS) is 12.7. The monoisotopic (exact) mass is 268 g/mol. The van der Waals surface area contributed by atoms with Crippen LogP contribution in [0.25, 0.3) is 0 Å². The molecular weight excluding hydrogens is 244 g/mol. The quantitative estimate of drug-likeness (QED) is 0.889. The lowest BCUT2D eigenvalue weighted by atomic mass is 9.95. The standard InChI is InChI=1S/C18H24N2/c1-13(2)11-15-8-5-9-16(12-15)18(19-4)17-14(3)7-6-10-20-17/h5-10,12-13,18-19H,11H2,1-4H3. The molecule has 106 valence electrons. The van der Waals surface area contributed by atoms with E-state index in [2.05, 4.69) is 61.4 Å². The van der Waals surface area contributed by atoms with Gasteiger partial charge in [0.25, 0.3) is 0 Å². The van der Waals surface area contributed by atoms with Gasteiger partial charge >= 0.3 is 0 Å². The van der Waals surface area contributed by atoms with Crippen molar-refractivity contribution in [1.82, 2.24) is 10.3 Å². The highest BCUT2D eigenvalue weighted by Crippen LogP contribution is 2.24. The molecule has 2 heteroatoms. The second kappa shape index (κ2) is 6.67. The third-order valence-corrected chi connectivity index (χ3v) is 3.54. The summed E-state index contributed by atoms with van der Waals surface area (Å²) in [6.45, 7) is 6.63. The molecule has 2 rings (SSSR count). The van der Waals surface area contributed by atoms with Crippen LogP contribution in [-0.4, -0.2) is 12.0 Å². The SMILES string of the molecule is CNC(c1cccc(CC(C)C)c1)c1ncccc1C. The molecule has 2 nitrogen and oxygen atoms in total. The van der Waals surface area contributed by atoms with Gasteiger partial charge in [-0.25, -0.2) is 0 Å². The van der Waals surface area contributed by atoms with Gasteiger partial charge in [0.2, 0.25) is 0 Å². The Morgan fingerprint density at radius 2 is 1.95 bits per heavy atom. The van der Waals surface area contributed by atoms with E-state index in [0.29, 0.717) is 5.92 Å². The molecule has 0 radical (unpaired) electrons. The number of aryl methyl sites for hydroxylation is 1. The van der Waals surface area contributed by atoms with E-state index in [9.17, 15) is 0 Å². The number of hydrogen-bond acceptors (Lipinski definition) is 2. The van der Waals surface area contributed by atoms with E-state index in [1.807, 2.05) is 19.3 Å². The van der Waals surface area contributed by atoms with Crippen molar-refractivity contribution in [3.05, 3.63) is 65.0 Å². The first-order valence-electron chi connectivity index (χ1n) is 7.29. The van der Waals surface area contributed by atoms with Crippen LogP contribution < -0.4 is 5.32 Å². The lowest BCUT2D eigenvalue weighted by molar-refractivity contribution is 0.639. The Kier molecular flexibility index (Phi) is 4.91. The minimum absolute atomic E-state index is 0.156. The number of nitrogens with zero attached hydrogens (tertiary/aromatic N) is 1. The average molecular weight is 268 g/mol. The van der Waals surface area contributed by atoms with E-state index in [4.69, 9.17) is 0 Å². The molecule has 1 aromatic heterocycles. The van der Waals surface area contributed by atoms with E-state index in [-0.39, 0.29) is 6.04 Å². The van der Waals surface area contributed by atoms with Gasteiger partial charge < -0.3 is 5.32 Å². The molecule has 0 bridgehead atoms. The number of benzene rings is 1. The smallest absolute Gasteiger partial charge is 0.0751 e. The number of aromatic nitrogens is 1. The molecule has 0 fully saturated rings. The van der Waals surface area contributed by atoms with Gasteiger partial charge in [0.05, 0.1) is 11.7 Å². The number of pyridine rings is 1. The van der Waals surface area contributed by atoms with Crippen molar-refractivity contribution in [2.75, 3.05) is 7.05 Å². The summed E-state index contributed by atoms with van der Waals surface area (Å²) in [5.74, 6) is 0.676. The first-order valence-corrected chi connectivity index (χ1v) is 7.29. The molecular formula is C18H24N2. The lowest BCUT2D eigenvalue weighted by Gasteiger charge is -2.19. The molecule has 1 N–H and O–H groups in total. The molecule has 0 aliphatic heterocycles. The summed E-state index contributed by atoms with van der Waals surface area (Å²) in [7, 11) is 1.99. The predicted octanol–water partition coefficient (Wildman–Crippen LogP) is 3.90. The van der Waals surface area contributed by atoms with E-state index in [1.54, 1.807) is 0 Å². The van der Waals surface area contributed by atoms with Crippen LogP contribution in [0.3, 0.4) is 0 Å². The van der Waals surface area contributed by atoms with Gasteiger partial charge in [-0.2, -0.15) is 0 Å². The Hall–Kier alpha value is -1.67. The molecule has 1 atom stereocenters. The second-order valence-electron chi connectivity index (χ2n) is 5.77. The zero-order chi connectivity index (χ0) is 14.5. The molecule has 1 unspecified atom stereocenters. The molecule has 20 heavy (non-hydrogen) atoms. The van der Waals surface area contributed by atoms with Crippen molar-refractivity contribution < 1.29 is 0 Å². The molecule has 0 aliphatic carbocycles. The van der Waals surface area contributed by atoms with Crippen molar-refractivity contribution in [2.45, 2.75) is 33.2 Å². The van der Waals surface area contributed by atoms with Gasteiger partial charge in [-0.05, 0) is 49.1 Å². The van der Waals surface area contributed by atoms with E-state index < -0.39 is 0 Å². The van der Waals surface area contributed by atoms with Gasteiger partial charge in [-0.15, -0.1) is 0 Å². The van der Waals surface area contributed by atoms with Crippen molar-refractivity contribution in [1.29, 1.82) is 0 Å². The van der Waals surface area contributed by atoms with Crippen molar-refractivity contribution in [3.63, 3.8) is 0 Å². The van der Waals surface area contributed by atoms with E-state index in [0.717, 1.165) is 12.1 Å². The molecule has 0 aliphatic rings. The molecule has 0 amide bonds. The molecule has 2 aromatic rings. The Balaban J connectivity index is 2.35. The molecule has 0 spiro atoms. The maximum absolute atomic E-state index is 4.55. The lowest BCUT2D eigenvalue weighted by Crippen LogP contribution is -2.20. The van der Waals surface area contributed by atoms with Gasteiger partial charge in [0.15, 0.2) is 0 Å². The van der Waals surface area contributed by atoms with Crippen molar-refractivity contribution in [2.24, 2.45) is 5.92 Å². The van der Waals surface area contributed by atoms with Gasteiger partial charge in [-0.3, -0.25) is 4.98 Å². The Bertz CT molecular complexity index is 561. The Morgan fingerprint density at radius 1 is 1.15 bits per heavy atom. The predicted molar refractivity (Wildman–Crippen MR) is 84.9 cm³/mol. The van der Waals surface area contributed by atoms with Crippen LogP contribution in [0.1, 0.15) is 42.3 Å². The third kappa shape index (κ3) is 3.45. The fourth-order valence-electron chi connectivity index (χ4n) is 2.63. The summed E-state index contributed by atoms with van der Waals surface area (Å²) in [4.78, 5) is 4.55. The van der Waals surface area contributed by atoms with Gasteiger partial charge in [0, 0.05) is 6.20 Å². The molecule has 0 saturated carbocycles. The maximum Gasteiger partial charge on any atom is 0.0751 e. The summed E-state index contributed by atoms with van der Waals surface area (Å²) >= 11 is 0. The second-order valence-corrected chi connectivity index (χ2v) is 5.77. The summed E-state index contributed by atoms with van der Waals surface area (Å²) in [6.07, 6.45) is 2.98. The molecule has 0 saturated heterocycles. The minimum atomic E-state index is 0.156. The van der Waals surface area contributed by atoms with Gasteiger partial charge in [-0.1, -0.05) is 44.2 Å². The minimum Gasteiger partial charge on any atom is -0.308 e. The Labute approximate surface area is 122 Å². The fraction of sp³-hybridized carbons (Fsp3) is 0.389. The van der Waals surface area contributed by atoms with E-state index in [1.165, 1.54) is 16.7 Å². The maximum atomic E-state index is 4.55. The Morgan fingerprint density at radius 3 is 2.60 bits per heavy atom.